The monoisotopic (exact) mass is 907 g/mol. The summed E-state index contributed by atoms with van der Waals surface area (Å²) in [6, 6.07) is 12.0. The van der Waals surface area contributed by atoms with E-state index in [1.807, 2.05) is 5.43 Å². The molecule has 352 valence electrons. The van der Waals surface area contributed by atoms with Gasteiger partial charge in [0.15, 0.2) is 11.1 Å². The molecule has 0 aliphatic rings. The molecule has 3 aromatic rings. The number of carbonyl (C=O) groups is 7. The van der Waals surface area contributed by atoms with E-state index in [-0.39, 0.29) is 31.4 Å². The number of aliphatic carboxylic acids is 1. The fourth-order valence-electron chi connectivity index (χ4n) is 6.40. The number of unbranched alkanes of at least 4 members (excludes halogenated alkanes) is 1. The predicted octanol–water partition coefficient (Wildman–Crippen LogP) is -1.91. The van der Waals surface area contributed by atoms with Crippen LogP contribution >= 0.6 is 0 Å². The molecule has 65 heavy (non-hydrogen) atoms. The molecule has 0 spiro atoms. The Labute approximate surface area is 374 Å². The number of nitrogens with zero attached hydrogens (tertiary/aromatic N) is 1. The van der Waals surface area contributed by atoms with Crippen molar-refractivity contribution >= 4 is 41.4 Å². The second-order valence-electron chi connectivity index (χ2n) is 15.2. The van der Waals surface area contributed by atoms with E-state index in [4.69, 9.17) is 5.73 Å². The number of carbonyl (C=O) groups excluding carboxylic acids is 6. The van der Waals surface area contributed by atoms with Gasteiger partial charge in [-0.05, 0) is 68.5 Å². The van der Waals surface area contributed by atoms with Gasteiger partial charge < -0.3 is 58.1 Å². The SMILES string of the molecule is C[C@H](NC(=O)[C@H](Cc1ccc(O)cc1)N[N+](=O)[O-])C(=O)N[C@H](C(=O)N[C@@H](CO)C(=O)N[C@@H](Cc1ccccc1)C(=O)N[C@@H](Cc1ccccc1)C(=O)N[C@@H](CCCCN)C(=O)O)[C@@H](C)O. The number of hydrogen-bond donors (Lipinski definition) is 12. The van der Waals surface area contributed by atoms with Crippen LogP contribution < -0.4 is 43.1 Å². The van der Waals surface area contributed by atoms with Gasteiger partial charge in [0.2, 0.25) is 35.4 Å². The second kappa shape index (κ2) is 26.5. The molecule has 0 radical (unpaired) electrons. The highest BCUT2D eigenvalue weighted by atomic mass is 16.7. The van der Waals surface area contributed by atoms with Gasteiger partial charge in [0, 0.05) is 19.3 Å². The van der Waals surface area contributed by atoms with Gasteiger partial charge in [0.25, 0.3) is 0 Å². The Morgan fingerprint density at radius 2 is 1.05 bits per heavy atom. The molecule has 0 aromatic heterocycles. The van der Waals surface area contributed by atoms with E-state index in [0.717, 1.165) is 6.92 Å². The first-order valence-corrected chi connectivity index (χ1v) is 20.7. The first-order valence-electron chi connectivity index (χ1n) is 20.7. The maximum absolute atomic E-state index is 14.1. The third-order valence-electron chi connectivity index (χ3n) is 9.98. The minimum Gasteiger partial charge on any atom is -0.508 e. The van der Waals surface area contributed by atoms with Gasteiger partial charge in [0.05, 0.1) is 12.7 Å². The summed E-state index contributed by atoms with van der Waals surface area (Å²) in [5.41, 5.74) is 9.03. The fraction of sp³-hybridized carbons (Fsp3) is 0.419. The normalized spacial score (nSPS) is 14.6. The Hall–Kier alpha value is -7.17. The molecule has 0 aliphatic carbocycles. The number of aromatic hydroxyl groups is 1. The number of amides is 6. The Balaban J connectivity index is 1.77. The zero-order valence-electron chi connectivity index (χ0n) is 35.8. The lowest BCUT2D eigenvalue weighted by molar-refractivity contribution is -0.548. The highest BCUT2D eigenvalue weighted by Crippen LogP contribution is 2.13. The fourth-order valence-corrected chi connectivity index (χ4v) is 6.40. The lowest BCUT2D eigenvalue weighted by atomic mass is 10.0. The van der Waals surface area contributed by atoms with Gasteiger partial charge in [-0.15, -0.1) is 5.43 Å². The van der Waals surface area contributed by atoms with Crippen molar-refractivity contribution in [2.24, 2.45) is 5.73 Å². The highest BCUT2D eigenvalue weighted by molar-refractivity contribution is 5.97. The average Bonchev–Trinajstić information content (AvgIpc) is 3.27. The third kappa shape index (κ3) is 17.9. The van der Waals surface area contributed by atoms with Gasteiger partial charge in [0.1, 0.15) is 42.0 Å². The molecule has 0 saturated carbocycles. The number of hydrogen-bond acceptors (Lipinski definition) is 13. The highest BCUT2D eigenvalue weighted by Gasteiger charge is 2.35. The Morgan fingerprint density at radius 3 is 1.51 bits per heavy atom. The van der Waals surface area contributed by atoms with Crippen LogP contribution in [0.5, 0.6) is 5.75 Å². The zero-order chi connectivity index (χ0) is 48.1. The summed E-state index contributed by atoms with van der Waals surface area (Å²) in [6.07, 6.45) is -1.04. The number of nitrogens with two attached hydrogens (primary N) is 1. The molecule has 0 unspecified atom stereocenters. The number of nitrogens with one attached hydrogen (secondary N) is 7. The number of aliphatic hydroxyl groups excluding tert-OH is 2. The molecular formula is C43H57N9O13. The van der Waals surface area contributed by atoms with Crippen LogP contribution in [0.25, 0.3) is 0 Å². The number of phenols is 1. The van der Waals surface area contributed by atoms with Gasteiger partial charge in [-0.25, -0.2) is 14.9 Å². The molecule has 22 heteroatoms. The molecule has 0 saturated heterocycles. The Bertz CT molecular complexity index is 2060. The summed E-state index contributed by atoms with van der Waals surface area (Å²) in [5, 5.41) is 64.8. The molecule has 0 bridgehead atoms. The lowest BCUT2D eigenvalue weighted by Gasteiger charge is -2.27. The summed E-state index contributed by atoms with van der Waals surface area (Å²) < 4.78 is 0. The van der Waals surface area contributed by atoms with Crippen LogP contribution in [0.2, 0.25) is 0 Å². The van der Waals surface area contributed by atoms with E-state index >= 15 is 0 Å². The van der Waals surface area contributed by atoms with Crippen molar-refractivity contribution in [3.8, 4) is 5.75 Å². The number of carboxylic acid groups (broad SMARTS) is 1. The summed E-state index contributed by atoms with van der Waals surface area (Å²) in [5.74, 6) is -7.29. The van der Waals surface area contributed by atoms with E-state index in [0.29, 0.717) is 36.1 Å². The first-order chi connectivity index (χ1) is 30.9. The molecule has 0 aliphatic heterocycles. The van der Waals surface area contributed by atoms with E-state index in [9.17, 15) is 64.1 Å². The number of nitro groups is 1. The third-order valence-corrected chi connectivity index (χ3v) is 9.98. The van der Waals surface area contributed by atoms with Crippen molar-refractivity contribution in [2.75, 3.05) is 13.2 Å². The van der Waals surface area contributed by atoms with Crippen LogP contribution in [0.1, 0.15) is 49.8 Å². The predicted molar refractivity (Wildman–Crippen MR) is 233 cm³/mol. The molecule has 3 aromatic carbocycles. The summed E-state index contributed by atoms with van der Waals surface area (Å²) in [4.78, 5) is 104. The van der Waals surface area contributed by atoms with Crippen LogP contribution in [0.15, 0.2) is 84.9 Å². The first kappa shape index (κ1) is 52.2. The smallest absolute Gasteiger partial charge is 0.326 e. The van der Waals surface area contributed by atoms with Crippen molar-refractivity contribution in [1.29, 1.82) is 0 Å². The molecule has 22 nitrogen and oxygen atoms in total. The number of rotatable bonds is 27. The van der Waals surface area contributed by atoms with Gasteiger partial charge >= 0.3 is 5.97 Å². The number of phenolic OH excluding ortho intramolecular Hbond substituents is 1. The number of aliphatic hydroxyl groups is 2. The summed E-state index contributed by atoms with van der Waals surface area (Å²) in [7, 11) is 0. The number of benzene rings is 3. The van der Waals surface area contributed by atoms with Crippen molar-refractivity contribution < 1.29 is 59.0 Å². The van der Waals surface area contributed by atoms with E-state index in [1.165, 1.54) is 31.2 Å². The Morgan fingerprint density at radius 1 is 0.600 bits per heavy atom. The van der Waals surface area contributed by atoms with Crippen molar-refractivity contribution in [2.45, 2.75) is 101 Å². The van der Waals surface area contributed by atoms with Gasteiger partial charge in [-0.3, -0.25) is 28.8 Å². The van der Waals surface area contributed by atoms with Crippen LogP contribution in [0.4, 0.5) is 0 Å². The Kier molecular flexibility index (Phi) is 21.2. The minimum absolute atomic E-state index is 0.0697. The van der Waals surface area contributed by atoms with Crippen molar-refractivity contribution in [3.05, 3.63) is 112 Å². The summed E-state index contributed by atoms with van der Waals surface area (Å²) >= 11 is 0. The van der Waals surface area contributed by atoms with Crippen molar-refractivity contribution in [3.63, 3.8) is 0 Å². The molecule has 6 amide bonds. The minimum atomic E-state index is -1.78. The standard InChI is InChI=1S/C43H57N9O13/c1-25(45-40(59)34(51-52(64)65)23-29-16-18-30(55)19-17-29)37(56)50-36(26(2)54)42(61)49-35(24-53)41(60)48-33(22-28-13-7-4-8-14-28)39(58)47-32(21-27-11-5-3-6-12-27)38(57)46-31(43(62)63)15-9-10-20-44/h3-8,11-14,16-19,25-26,31-36,51,53-55H,9-10,15,20-24,44H2,1-2H3,(H,45,59)(H,46,57)(H,47,58)(H,48,60)(H,49,61)(H,50,56)(H,62,63)/t25-,26+,31-,32-,33-,34-,35-,36-/m0/s1. The lowest BCUT2D eigenvalue weighted by Crippen LogP contribution is -2.62. The molecule has 13 N–H and O–H groups in total. The molecule has 3 rings (SSSR count). The zero-order valence-corrected chi connectivity index (χ0v) is 35.8. The largest absolute Gasteiger partial charge is 0.508 e. The van der Waals surface area contributed by atoms with Gasteiger partial charge in [-0.1, -0.05) is 72.8 Å². The van der Waals surface area contributed by atoms with E-state index < -0.39 is 101 Å². The van der Waals surface area contributed by atoms with E-state index in [2.05, 4.69) is 31.9 Å². The molecule has 0 heterocycles. The molecular weight excluding hydrogens is 851 g/mol. The molecule has 8 atom stereocenters. The van der Waals surface area contributed by atoms with E-state index in [1.54, 1.807) is 60.7 Å². The number of carboxylic acids is 1. The second-order valence-corrected chi connectivity index (χ2v) is 15.2. The quantitative estimate of drug-likeness (QED) is 0.0226. The van der Waals surface area contributed by atoms with Crippen LogP contribution in [0.3, 0.4) is 0 Å². The average molecular weight is 908 g/mol. The van der Waals surface area contributed by atoms with Crippen LogP contribution in [-0.2, 0) is 52.8 Å². The molecule has 0 fully saturated rings. The van der Waals surface area contributed by atoms with Crippen molar-refractivity contribution in [1.82, 2.24) is 37.3 Å². The van der Waals surface area contributed by atoms with Crippen LogP contribution in [-0.4, -0.2) is 128 Å². The van der Waals surface area contributed by atoms with Gasteiger partial charge in [-0.2, -0.15) is 0 Å². The van der Waals surface area contributed by atoms with Crippen LogP contribution in [0, 0.1) is 10.1 Å². The maximum atomic E-state index is 14.1. The maximum Gasteiger partial charge on any atom is 0.326 e. The number of hydrazine groups is 1. The summed E-state index contributed by atoms with van der Waals surface area (Å²) in [6.45, 7) is 1.63. The topological polar surface area (TPSA) is 354 Å².